The molecule has 0 aliphatic rings. The number of allylic oxidation sites excluding steroid dienone is 1. The molecule has 0 spiro atoms. The van der Waals surface area contributed by atoms with Gasteiger partial charge in [0.2, 0.25) is 0 Å². The summed E-state index contributed by atoms with van der Waals surface area (Å²) in [7, 11) is 3.05. The molecule has 1 aromatic carbocycles. The fourth-order valence-electron chi connectivity index (χ4n) is 1.59. The smallest absolute Gasteiger partial charge is 0.328 e. The van der Waals surface area contributed by atoms with Crippen LogP contribution in [0.3, 0.4) is 0 Å². The molecule has 0 aliphatic heterocycles. The Hall–Kier alpha value is -2.43. The number of methoxy groups -OCH3 is 2. The largest absolute Gasteiger partial charge is 0.493 e. The maximum Gasteiger partial charge on any atom is 0.328 e. The van der Waals surface area contributed by atoms with Gasteiger partial charge in [-0.15, -0.1) is 0 Å². The Morgan fingerprint density at radius 2 is 1.76 bits per heavy atom. The predicted molar refractivity (Wildman–Crippen MR) is 81.1 cm³/mol. The molecule has 0 atom stereocenters. The van der Waals surface area contributed by atoms with E-state index >= 15 is 0 Å². The minimum atomic E-state index is -1.03. The standard InChI is InChI=1S/C16H20O5/c1-11(2)7-8-21-13-10-15(20-4)14(19-3)9-12(13)5-6-16(17)18/h5-7,9-10H,8H2,1-4H3,(H,17,18)/b6-5+. The fourth-order valence-corrected chi connectivity index (χ4v) is 1.59. The highest BCUT2D eigenvalue weighted by atomic mass is 16.5. The number of carboxylic acid groups (broad SMARTS) is 1. The van der Waals surface area contributed by atoms with Gasteiger partial charge in [0.05, 0.1) is 14.2 Å². The van der Waals surface area contributed by atoms with Crippen molar-refractivity contribution in [2.75, 3.05) is 20.8 Å². The van der Waals surface area contributed by atoms with Crippen LogP contribution < -0.4 is 14.2 Å². The summed E-state index contributed by atoms with van der Waals surface area (Å²) in [5.41, 5.74) is 1.75. The Bertz CT molecular complexity index is 554. The first-order valence-corrected chi connectivity index (χ1v) is 6.41. The van der Waals surface area contributed by atoms with E-state index in [-0.39, 0.29) is 0 Å². The van der Waals surface area contributed by atoms with E-state index in [1.54, 1.807) is 12.1 Å². The molecule has 114 valence electrons. The molecule has 1 aromatic rings. The zero-order valence-electron chi connectivity index (χ0n) is 12.7. The van der Waals surface area contributed by atoms with Gasteiger partial charge in [0.1, 0.15) is 12.4 Å². The molecule has 5 nitrogen and oxygen atoms in total. The number of carboxylic acids is 1. The zero-order chi connectivity index (χ0) is 15.8. The average Bonchev–Trinajstić information content (AvgIpc) is 2.44. The summed E-state index contributed by atoms with van der Waals surface area (Å²) in [6.07, 6.45) is 4.44. The highest BCUT2D eigenvalue weighted by molar-refractivity contribution is 5.86. The van der Waals surface area contributed by atoms with E-state index in [0.717, 1.165) is 11.6 Å². The summed E-state index contributed by atoms with van der Waals surface area (Å²) in [6, 6.07) is 3.36. The van der Waals surface area contributed by atoms with E-state index in [0.29, 0.717) is 29.4 Å². The molecule has 0 bridgehead atoms. The number of rotatable bonds is 7. The van der Waals surface area contributed by atoms with Crippen LogP contribution in [0.5, 0.6) is 17.2 Å². The summed E-state index contributed by atoms with van der Waals surface area (Å²) >= 11 is 0. The topological polar surface area (TPSA) is 65.0 Å². The van der Waals surface area contributed by atoms with Gasteiger partial charge in [0.15, 0.2) is 11.5 Å². The van der Waals surface area contributed by atoms with Crippen LogP contribution in [0.4, 0.5) is 0 Å². The van der Waals surface area contributed by atoms with Gasteiger partial charge >= 0.3 is 5.97 Å². The molecule has 0 amide bonds. The lowest BCUT2D eigenvalue weighted by Gasteiger charge is -2.13. The van der Waals surface area contributed by atoms with Crippen molar-refractivity contribution < 1.29 is 24.1 Å². The van der Waals surface area contributed by atoms with E-state index in [1.807, 2.05) is 19.9 Å². The zero-order valence-corrected chi connectivity index (χ0v) is 12.7. The first-order valence-electron chi connectivity index (χ1n) is 6.41. The van der Waals surface area contributed by atoms with Crippen molar-refractivity contribution in [3.05, 3.63) is 35.4 Å². The lowest BCUT2D eigenvalue weighted by Crippen LogP contribution is -1.99. The maximum atomic E-state index is 10.7. The number of benzene rings is 1. The first kappa shape index (κ1) is 16.6. The summed E-state index contributed by atoms with van der Waals surface area (Å²) in [4.78, 5) is 10.7. The Morgan fingerprint density at radius 3 is 2.29 bits per heavy atom. The van der Waals surface area contributed by atoms with Crippen LogP contribution in [0, 0.1) is 0 Å². The molecule has 0 saturated heterocycles. The van der Waals surface area contributed by atoms with Crippen LogP contribution in [0.1, 0.15) is 19.4 Å². The third-order valence-corrected chi connectivity index (χ3v) is 2.65. The summed E-state index contributed by atoms with van der Waals surface area (Å²) < 4.78 is 16.1. The van der Waals surface area contributed by atoms with Crippen LogP contribution in [0.2, 0.25) is 0 Å². The summed E-state index contributed by atoms with van der Waals surface area (Å²) in [6.45, 7) is 4.35. The second-order valence-electron chi connectivity index (χ2n) is 4.51. The normalized spacial score (nSPS) is 10.3. The summed E-state index contributed by atoms with van der Waals surface area (Å²) in [5.74, 6) is 0.539. The van der Waals surface area contributed by atoms with E-state index in [4.69, 9.17) is 19.3 Å². The molecule has 0 aliphatic carbocycles. The minimum Gasteiger partial charge on any atom is -0.493 e. The van der Waals surface area contributed by atoms with Gasteiger partial charge in [-0.05, 0) is 32.1 Å². The second kappa shape index (κ2) is 7.99. The lowest BCUT2D eigenvalue weighted by atomic mass is 10.1. The van der Waals surface area contributed by atoms with Gasteiger partial charge in [-0.1, -0.05) is 5.57 Å². The van der Waals surface area contributed by atoms with Crippen molar-refractivity contribution in [2.24, 2.45) is 0 Å². The van der Waals surface area contributed by atoms with Gasteiger partial charge in [0, 0.05) is 17.7 Å². The molecular weight excluding hydrogens is 272 g/mol. The first-order chi connectivity index (χ1) is 9.97. The Morgan fingerprint density at radius 1 is 1.14 bits per heavy atom. The molecule has 1 rings (SSSR count). The SMILES string of the molecule is COc1cc(/C=C/C(=O)O)c(OCC=C(C)C)cc1OC. The second-order valence-corrected chi connectivity index (χ2v) is 4.51. The molecule has 21 heavy (non-hydrogen) atoms. The van der Waals surface area contributed by atoms with E-state index < -0.39 is 5.97 Å². The van der Waals surface area contributed by atoms with Crippen LogP contribution in [0.25, 0.3) is 6.08 Å². The van der Waals surface area contributed by atoms with Gasteiger partial charge in [-0.3, -0.25) is 0 Å². The minimum absolute atomic E-state index is 0.395. The van der Waals surface area contributed by atoms with Crippen molar-refractivity contribution in [1.82, 2.24) is 0 Å². The molecule has 0 aromatic heterocycles. The number of hydrogen-bond donors (Lipinski definition) is 1. The van der Waals surface area contributed by atoms with Gasteiger partial charge in [-0.2, -0.15) is 0 Å². The van der Waals surface area contributed by atoms with Gasteiger partial charge in [-0.25, -0.2) is 4.79 Å². The van der Waals surface area contributed by atoms with Gasteiger partial charge in [0.25, 0.3) is 0 Å². The van der Waals surface area contributed by atoms with Gasteiger partial charge < -0.3 is 19.3 Å². The average molecular weight is 292 g/mol. The highest BCUT2D eigenvalue weighted by Crippen LogP contribution is 2.35. The van der Waals surface area contributed by atoms with Crippen molar-refractivity contribution in [2.45, 2.75) is 13.8 Å². The molecular formula is C16H20O5. The van der Waals surface area contributed by atoms with Crippen molar-refractivity contribution >= 4 is 12.0 Å². The number of carbonyl (C=O) groups is 1. The van der Waals surface area contributed by atoms with Crippen molar-refractivity contribution in [3.8, 4) is 17.2 Å². The monoisotopic (exact) mass is 292 g/mol. The third kappa shape index (κ3) is 5.22. The molecule has 0 radical (unpaired) electrons. The Kier molecular flexibility index (Phi) is 6.33. The van der Waals surface area contributed by atoms with E-state index in [1.165, 1.54) is 20.3 Å². The van der Waals surface area contributed by atoms with Crippen molar-refractivity contribution in [3.63, 3.8) is 0 Å². The molecule has 5 heteroatoms. The maximum absolute atomic E-state index is 10.7. The molecule has 0 saturated carbocycles. The number of ether oxygens (including phenoxy) is 3. The van der Waals surface area contributed by atoms with Crippen molar-refractivity contribution in [1.29, 1.82) is 0 Å². The highest BCUT2D eigenvalue weighted by Gasteiger charge is 2.10. The van der Waals surface area contributed by atoms with Crippen LogP contribution in [-0.4, -0.2) is 31.9 Å². The molecule has 0 heterocycles. The molecule has 0 unspecified atom stereocenters. The van der Waals surface area contributed by atoms with Crippen LogP contribution in [0.15, 0.2) is 29.9 Å². The fraction of sp³-hybridized carbons (Fsp3) is 0.312. The Balaban J connectivity index is 3.16. The van der Waals surface area contributed by atoms with Crippen LogP contribution >= 0.6 is 0 Å². The van der Waals surface area contributed by atoms with Crippen LogP contribution in [-0.2, 0) is 4.79 Å². The quantitative estimate of drug-likeness (QED) is 0.618. The van der Waals surface area contributed by atoms with E-state index in [2.05, 4.69) is 0 Å². The molecule has 0 fully saturated rings. The predicted octanol–water partition coefficient (Wildman–Crippen LogP) is 3.15. The number of aliphatic carboxylic acids is 1. The lowest BCUT2D eigenvalue weighted by molar-refractivity contribution is -0.131. The third-order valence-electron chi connectivity index (χ3n) is 2.65. The Labute approximate surface area is 124 Å². The van der Waals surface area contributed by atoms with E-state index in [9.17, 15) is 4.79 Å². The number of hydrogen-bond acceptors (Lipinski definition) is 4. The molecule has 1 N–H and O–H groups in total. The summed E-state index contributed by atoms with van der Waals surface area (Å²) in [5, 5.41) is 8.75.